The maximum absolute atomic E-state index is 11.4. The smallest absolute Gasteiger partial charge is 0.312 e. The molecule has 94 valence electrons. The van der Waals surface area contributed by atoms with E-state index in [0.717, 1.165) is 25.7 Å². The van der Waals surface area contributed by atoms with E-state index in [9.17, 15) is 15.0 Å². The van der Waals surface area contributed by atoms with E-state index in [4.69, 9.17) is 4.74 Å². The minimum absolute atomic E-state index is 0.295. The molecule has 0 unspecified atom stereocenters. The second kappa shape index (κ2) is 5.64. The number of hydrogen-bond donors (Lipinski definition) is 2. The Morgan fingerprint density at radius 1 is 1.38 bits per heavy atom. The van der Waals surface area contributed by atoms with Gasteiger partial charge in [0.05, 0.1) is 12.5 Å². The van der Waals surface area contributed by atoms with Crippen LogP contribution in [0.5, 0.6) is 0 Å². The zero-order valence-electron chi connectivity index (χ0n) is 10.1. The van der Waals surface area contributed by atoms with Crippen LogP contribution in [0.4, 0.5) is 0 Å². The lowest BCUT2D eigenvalue weighted by atomic mass is 9.87. The molecule has 0 spiro atoms. The summed E-state index contributed by atoms with van der Waals surface area (Å²) in [6.07, 6.45) is 3.82. The number of carbonyl (C=O) groups excluding carboxylic acids is 1. The number of cyclic esters (lactones) is 1. The molecule has 0 radical (unpaired) electrons. The van der Waals surface area contributed by atoms with Crippen molar-refractivity contribution in [2.45, 2.75) is 57.7 Å². The lowest BCUT2D eigenvalue weighted by Crippen LogP contribution is -2.44. The second-order valence-corrected chi connectivity index (χ2v) is 4.69. The molecule has 0 aromatic heterocycles. The molecule has 1 saturated heterocycles. The Kier molecular flexibility index (Phi) is 4.74. The van der Waals surface area contributed by atoms with E-state index in [0.29, 0.717) is 6.42 Å². The summed E-state index contributed by atoms with van der Waals surface area (Å²) in [4.78, 5) is 11.4. The highest BCUT2D eigenvalue weighted by atomic mass is 16.6. The standard InChI is InChI=1S/C12H22O4/c1-3-4-5-6-7-12(8-13)10(14)9(2)11(15)16-12/h9-10,13-14H,3-8H2,1-2H3/t9-,10-,12-/m0/s1. The normalized spacial score (nSPS) is 34.1. The van der Waals surface area contributed by atoms with Gasteiger partial charge in [-0.1, -0.05) is 26.2 Å². The third-order valence-electron chi connectivity index (χ3n) is 3.41. The van der Waals surface area contributed by atoms with Gasteiger partial charge in [-0.15, -0.1) is 0 Å². The molecule has 1 rings (SSSR count). The maximum Gasteiger partial charge on any atom is 0.312 e. The molecule has 1 heterocycles. The largest absolute Gasteiger partial charge is 0.454 e. The zero-order chi connectivity index (χ0) is 12.2. The van der Waals surface area contributed by atoms with Gasteiger partial charge in [-0.3, -0.25) is 4.79 Å². The summed E-state index contributed by atoms with van der Waals surface area (Å²) >= 11 is 0. The van der Waals surface area contributed by atoms with Gasteiger partial charge in [-0.05, 0) is 19.8 Å². The van der Waals surface area contributed by atoms with Crippen LogP contribution in [0.25, 0.3) is 0 Å². The molecule has 2 N–H and O–H groups in total. The first-order valence-electron chi connectivity index (χ1n) is 6.09. The average Bonchev–Trinajstić information content (AvgIpc) is 2.50. The molecule has 3 atom stereocenters. The van der Waals surface area contributed by atoms with E-state index in [1.165, 1.54) is 0 Å². The number of carbonyl (C=O) groups is 1. The third kappa shape index (κ3) is 2.55. The molecule has 0 aromatic rings. The van der Waals surface area contributed by atoms with Crippen LogP contribution in [-0.4, -0.2) is 34.5 Å². The number of esters is 1. The van der Waals surface area contributed by atoms with Gasteiger partial charge in [-0.2, -0.15) is 0 Å². The Labute approximate surface area is 96.6 Å². The van der Waals surface area contributed by atoms with Gasteiger partial charge in [0.1, 0.15) is 6.10 Å². The Morgan fingerprint density at radius 3 is 2.50 bits per heavy atom. The molecule has 1 fully saturated rings. The van der Waals surface area contributed by atoms with Crippen LogP contribution >= 0.6 is 0 Å². The predicted octanol–water partition coefficient (Wildman–Crippen LogP) is 1.24. The van der Waals surface area contributed by atoms with E-state index in [2.05, 4.69) is 6.92 Å². The van der Waals surface area contributed by atoms with Gasteiger partial charge < -0.3 is 14.9 Å². The van der Waals surface area contributed by atoms with Gasteiger partial charge in [0.2, 0.25) is 0 Å². The first-order valence-corrected chi connectivity index (χ1v) is 6.09. The molecule has 1 aliphatic heterocycles. The van der Waals surface area contributed by atoms with Gasteiger partial charge in [-0.25, -0.2) is 0 Å². The number of unbranched alkanes of at least 4 members (excludes halogenated alkanes) is 3. The summed E-state index contributed by atoms with van der Waals surface area (Å²) in [5, 5.41) is 19.3. The molecule has 4 heteroatoms. The Hall–Kier alpha value is -0.610. The molecule has 0 aliphatic carbocycles. The number of aliphatic hydroxyl groups is 2. The van der Waals surface area contributed by atoms with Crippen LogP contribution in [0.3, 0.4) is 0 Å². The fourth-order valence-electron chi connectivity index (χ4n) is 2.19. The van der Waals surface area contributed by atoms with Crippen LogP contribution in [-0.2, 0) is 9.53 Å². The first-order chi connectivity index (χ1) is 7.57. The third-order valence-corrected chi connectivity index (χ3v) is 3.41. The summed E-state index contributed by atoms with van der Waals surface area (Å²) in [6, 6.07) is 0. The van der Waals surface area contributed by atoms with Crippen molar-refractivity contribution in [3.63, 3.8) is 0 Å². The lowest BCUT2D eigenvalue weighted by Gasteiger charge is -2.29. The highest BCUT2D eigenvalue weighted by Crippen LogP contribution is 2.35. The fraction of sp³-hybridized carbons (Fsp3) is 0.917. The van der Waals surface area contributed by atoms with E-state index in [1.54, 1.807) is 6.92 Å². The second-order valence-electron chi connectivity index (χ2n) is 4.69. The SMILES string of the molecule is CCCCCC[C@@]1(CO)OC(=O)[C@@H](C)[C@@H]1O. The van der Waals surface area contributed by atoms with Crippen molar-refractivity contribution in [1.29, 1.82) is 0 Å². The Bertz CT molecular complexity index is 241. The van der Waals surface area contributed by atoms with Crippen LogP contribution in [0.15, 0.2) is 0 Å². The minimum Gasteiger partial charge on any atom is -0.454 e. The number of hydrogen-bond acceptors (Lipinski definition) is 4. The summed E-state index contributed by atoms with van der Waals surface area (Å²) in [5.41, 5.74) is -1.05. The summed E-state index contributed by atoms with van der Waals surface area (Å²) in [7, 11) is 0. The molecule has 0 amide bonds. The van der Waals surface area contributed by atoms with Crippen molar-refractivity contribution in [1.82, 2.24) is 0 Å². The molecule has 0 saturated carbocycles. The molecule has 16 heavy (non-hydrogen) atoms. The van der Waals surface area contributed by atoms with E-state index < -0.39 is 23.6 Å². The fourth-order valence-corrected chi connectivity index (χ4v) is 2.19. The van der Waals surface area contributed by atoms with Crippen LogP contribution < -0.4 is 0 Å². The number of rotatable bonds is 6. The van der Waals surface area contributed by atoms with E-state index in [-0.39, 0.29) is 6.61 Å². The van der Waals surface area contributed by atoms with Crippen molar-refractivity contribution in [3.05, 3.63) is 0 Å². The Balaban J connectivity index is 2.54. The highest BCUT2D eigenvalue weighted by molar-refractivity contribution is 5.76. The molecule has 1 aliphatic rings. The van der Waals surface area contributed by atoms with E-state index in [1.807, 2.05) is 0 Å². The van der Waals surface area contributed by atoms with Crippen molar-refractivity contribution in [2.24, 2.45) is 5.92 Å². The van der Waals surface area contributed by atoms with Crippen LogP contribution in [0, 0.1) is 5.92 Å². The molecular formula is C12H22O4. The van der Waals surface area contributed by atoms with Gasteiger partial charge in [0.15, 0.2) is 5.60 Å². The summed E-state index contributed by atoms with van der Waals surface area (Å²) < 4.78 is 5.16. The minimum atomic E-state index is -1.05. The van der Waals surface area contributed by atoms with Crippen LogP contribution in [0.2, 0.25) is 0 Å². The van der Waals surface area contributed by atoms with Gasteiger partial charge >= 0.3 is 5.97 Å². The van der Waals surface area contributed by atoms with Crippen molar-refractivity contribution in [2.75, 3.05) is 6.61 Å². The van der Waals surface area contributed by atoms with Crippen molar-refractivity contribution in [3.8, 4) is 0 Å². The molecule has 0 bridgehead atoms. The Morgan fingerprint density at radius 2 is 2.06 bits per heavy atom. The maximum atomic E-state index is 11.4. The lowest BCUT2D eigenvalue weighted by molar-refractivity contribution is -0.157. The monoisotopic (exact) mass is 230 g/mol. The highest BCUT2D eigenvalue weighted by Gasteiger charge is 2.52. The van der Waals surface area contributed by atoms with Crippen molar-refractivity contribution >= 4 is 5.97 Å². The first kappa shape index (κ1) is 13.5. The van der Waals surface area contributed by atoms with Crippen LogP contribution in [0.1, 0.15) is 46.0 Å². The molecular weight excluding hydrogens is 208 g/mol. The molecule has 4 nitrogen and oxygen atoms in total. The average molecular weight is 230 g/mol. The summed E-state index contributed by atoms with van der Waals surface area (Å²) in [5.74, 6) is -0.935. The number of aliphatic hydroxyl groups excluding tert-OH is 2. The van der Waals surface area contributed by atoms with Crippen molar-refractivity contribution < 1.29 is 19.7 Å². The molecule has 0 aromatic carbocycles. The van der Waals surface area contributed by atoms with Gasteiger partial charge in [0, 0.05) is 0 Å². The zero-order valence-corrected chi connectivity index (χ0v) is 10.1. The predicted molar refractivity (Wildman–Crippen MR) is 59.8 cm³/mol. The van der Waals surface area contributed by atoms with Gasteiger partial charge in [0.25, 0.3) is 0 Å². The number of ether oxygens (including phenoxy) is 1. The quantitative estimate of drug-likeness (QED) is 0.532. The topological polar surface area (TPSA) is 66.8 Å². The summed E-state index contributed by atoms with van der Waals surface area (Å²) in [6.45, 7) is 3.46. The van der Waals surface area contributed by atoms with E-state index >= 15 is 0 Å².